The van der Waals surface area contributed by atoms with Gasteiger partial charge >= 0.3 is 0 Å². The van der Waals surface area contributed by atoms with E-state index in [1.165, 1.54) is 11.3 Å². The number of hydrogen-bond acceptors (Lipinski definition) is 4. The number of benzene rings is 2. The fraction of sp³-hybridized carbons (Fsp3) is 0.0625. The number of nitrogens with zero attached hydrogens (tertiary/aromatic N) is 1. The molecule has 0 bridgehead atoms. The zero-order valence-corrected chi connectivity index (χ0v) is 14.1. The van der Waals surface area contributed by atoms with E-state index in [9.17, 15) is 4.55 Å². The molecule has 0 spiro atoms. The third-order valence-electron chi connectivity index (χ3n) is 3.14. The van der Waals surface area contributed by atoms with E-state index in [1.807, 2.05) is 42.6 Å². The highest BCUT2D eigenvalue weighted by molar-refractivity contribution is 7.92. The van der Waals surface area contributed by atoms with Gasteiger partial charge in [0, 0.05) is 21.5 Å². The van der Waals surface area contributed by atoms with Crippen LogP contribution < -0.4 is 4.72 Å². The molecule has 22 heavy (non-hydrogen) atoms. The molecule has 6 heteroatoms. The molecule has 1 heterocycles. The molecule has 0 saturated heterocycles. The molecule has 3 nitrogen and oxygen atoms in total. The SMILES string of the molecule is Cc1c(Cl)cccc1[S+]([O-])Nc1csc(-c2ccccc2)n1. The number of nitrogens with one attached hydrogen (secondary N) is 1. The number of rotatable bonds is 4. The molecular weight excluding hydrogens is 336 g/mol. The summed E-state index contributed by atoms with van der Waals surface area (Å²) in [5.74, 6) is 0.599. The third kappa shape index (κ3) is 3.28. The Morgan fingerprint density at radius 2 is 1.91 bits per heavy atom. The highest BCUT2D eigenvalue weighted by atomic mass is 35.5. The maximum absolute atomic E-state index is 12.4. The van der Waals surface area contributed by atoms with Crippen LogP contribution in [-0.2, 0) is 11.4 Å². The molecule has 1 atom stereocenters. The molecule has 0 amide bonds. The minimum Gasteiger partial charge on any atom is -0.588 e. The molecule has 0 aliphatic carbocycles. The van der Waals surface area contributed by atoms with E-state index in [1.54, 1.807) is 18.2 Å². The van der Waals surface area contributed by atoms with Crippen molar-refractivity contribution in [2.45, 2.75) is 11.8 Å². The number of halogens is 1. The molecule has 2 aromatic carbocycles. The second-order valence-corrected chi connectivity index (χ2v) is 7.08. The summed E-state index contributed by atoms with van der Waals surface area (Å²) in [5.41, 5.74) is 1.86. The molecule has 3 rings (SSSR count). The van der Waals surface area contributed by atoms with Crippen LogP contribution in [0.1, 0.15) is 5.56 Å². The Balaban J connectivity index is 1.79. The van der Waals surface area contributed by atoms with Crippen molar-refractivity contribution in [2.24, 2.45) is 0 Å². The van der Waals surface area contributed by atoms with Crippen molar-refractivity contribution in [3.63, 3.8) is 0 Å². The first-order chi connectivity index (χ1) is 10.6. The lowest BCUT2D eigenvalue weighted by atomic mass is 10.2. The molecule has 0 fully saturated rings. The average molecular weight is 349 g/mol. The van der Waals surface area contributed by atoms with Crippen molar-refractivity contribution < 1.29 is 4.55 Å². The van der Waals surface area contributed by atoms with Crippen molar-refractivity contribution in [3.05, 3.63) is 64.5 Å². The van der Waals surface area contributed by atoms with Gasteiger partial charge in [-0.2, -0.15) is 4.72 Å². The normalized spacial score (nSPS) is 12.1. The van der Waals surface area contributed by atoms with E-state index in [-0.39, 0.29) is 0 Å². The Kier molecular flexibility index (Phi) is 4.69. The summed E-state index contributed by atoms with van der Waals surface area (Å²) < 4.78 is 15.4. The van der Waals surface area contributed by atoms with Gasteiger partial charge in [-0.3, -0.25) is 0 Å². The number of hydrogen-bond donors (Lipinski definition) is 1. The summed E-state index contributed by atoms with van der Waals surface area (Å²) in [7, 11) is 0. The topological polar surface area (TPSA) is 48.0 Å². The Labute approximate surface area is 141 Å². The van der Waals surface area contributed by atoms with E-state index >= 15 is 0 Å². The van der Waals surface area contributed by atoms with Crippen LogP contribution in [0.2, 0.25) is 5.02 Å². The first-order valence-corrected chi connectivity index (χ1v) is 9.00. The second kappa shape index (κ2) is 6.71. The van der Waals surface area contributed by atoms with Crippen LogP contribution in [0, 0.1) is 6.92 Å². The van der Waals surface area contributed by atoms with Crippen LogP contribution in [0.3, 0.4) is 0 Å². The van der Waals surface area contributed by atoms with E-state index in [4.69, 9.17) is 11.6 Å². The average Bonchev–Trinajstić information content (AvgIpc) is 2.99. The lowest BCUT2D eigenvalue weighted by molar-refractivity contribution is 0.599. The van der Waals surface area contributed by atoms with Crippen molar-refractivity contribution in [3.8, 4) is 10.6 Å². The highest BCUT2D eigenvalue weighted by Crippen LogP contribution is 2.28. The van der Waals surface area contributed by atoms with Gasteiger partial charge in [-0.25, -0.2) is 4.98 Å². The molecular formula is C16H13ClN2OS2. The van der Waals surface area contributed by atoms with Gasteiger partial charge in [0.1, 0.15) is 16.4 Å². The van der Waals surface area contributed by atoms with Crippen molar-refractivity contribution in [1.82, 2.24) is 4.98 Å². The molecule has 0 saturated carbocycles. The van der Waals surface area contributed by atoms with Crippen LogP contribution in [0.5, 0.6) is 0 Å². The summed E-state index contributed by atoms with van der Waals surface area (Å²) in [6.45, 7) is 1.85. The maximum atomic E-state index is 12.4. The predicted molar refractivity (Wildman–Crippen MR) is 93.8 cm³/mol. The molecule has 0 aliphatic heterocycles. The quantitative estimate of drug-likeness (QED) is 0.682. The van der Waals surface area contributed by atoms with Gasteiger partial charge in [0.25, 0.3) is 0 Å². The minimum atomic E-state index is -1.39. The van der Waals surface area contributed by atoms with Crippen LogP contribution >= 0.6 is 22.9 Å². The van der Waals surface area contributed by atoms with Crippen LogP contribution in [0.15, 0.2) is 58.8 Å². The fourth-order valence-electron chi connectivity index (χ4n) is 1.97. The first kappa shape index (κ1) is 15.4. The molecule has 1 unspecified atom stereocenters. The zero-order valence-electron chi connectivity index (χ0n) is 11.7. The minimum absolute atomic E-state index is 0.599. The highest BCUT2D eigenvalue weighted by Gasteiger charge is 2.18. The number of aromatic nitrogens is 1. The van der Waals surface area contributed by atoms with Gasteiger partial charge in [-0.05, 0) is 19.1 Å². The lowest BCUT2D eigenvalue weighted by Gasteiger charge is -2.12. The summed E-state index contributed by atoms with van der Waals surface area (Å²) >= 11 is 6.19. The predicted octanol–water partition coefficient (Wildman–Crippen LogP) is 4.91. The van der Waals surface area contributed by atoms with Crippen molar-refractivity contribution in [1.29, 1.82) is 0 Å². The smallest absolute Gasteiger partial charge is 0.184 e. The standard InChI is InChI=1S/C16H13ClN2OS2/c1-11-13(17)8-5-9-14(11)22(20)19-15-10-21-16(18-15)12-6-3-2-4-7-12/h2-10,19H,1H3. The second-order valence-electron chi connectivity index (χ2n) is 4.64. The molecule has 0 aliphatic rings. The number of thiazole rings is 1. The van der Waals surface area contributed by atoms with Crippen LogP contribution in [-0.4, -0.2) is 9.54 Å². The Morgan fingerprint density at radius 1 is 1.14 bits per heavy atom. The van der Waals surface area contributed by atoms with Crippen LogP contribution in [0.4, 0.5) is 5.82 Å². The third-order valence-corrected chi connectivity index (χ3v) is 5.68. The molecule has 3 aromatic rings. The summed E-state index contributed by atoms with van der Waals surface area (Å²) in [6.07, 6.45) is 0. The molecule has 0 radical (unpaired) electrons. The summed E-state index contributed by atoms with van der Waals surface area (Å²) in [4.78, 5) is 5.15. The van der Waals surface area contributed by atoms with Crippen molar-refractivity contribution in [2.75, 3.05) is 4.72 Å². The Bertz CT molecular complexity index is 777. The van der Waals surface area contributed by atoms with Crippen LogP contribution in [0.25, 0.3) is 10.6 Å². The van der Waals surface area contributed by atoms with Gasteiger partial charge in [-0.15, -0.1) is 11.3 Å². The monoisotopic (exact) mass is 348 g/mol. The largest absolute Gasteiger partial charge is 0.588 e. The van der Waals surface area contributed by atoms with E-state index in [2.05, 4.69) is 9.71 Å². The molecule has 1 aromatic heterocycles. The lowest BCUT2D eigenvalue weighted by Crippen LogP contribution is -2.14. The fourth-order valence-corrected chi connectivity index (χ4v) is 4.03. The van der Waals surface area contributed by atoms with Gasteiger partial charge in [0.05, 0.1) is 0 Å². The maximum Gasteiger partial charge on any atom is 0.184 e. The summed E-state index contributed by atoms with van der Waals surface area (Å²) in [5, 5.41) is 3.36. The van der Waals surface area contributed by atoms with Gasteiger partial charge in [0.2, 0.25) is 0 Å². The van der Waals surface area contributed by atoms with E-state index in [0.29, 0.717) is 15.7 Å². The zero-order chi connectivity index (χ0) is 15.5. The molecule has 112 valence electrons. The van der Waals surface area contributed by atoms with E-state index < -0.39 is 11.4 Å². The first-order valence-electron chi connectivity index (χ1n) is 6.59. The van der Waals surface area contributed by atoms with Crippen molar-refractivity contribution >= 4 is 40.1 Å². The Hall–Kier alpha value is -1.53. The van der Waals surface area contributed by atoms with Gasteiger partial charge < -0.3 is 4.55 Å². The Morgan fingerprint density at radius 3 is 2.68 bits per heavy atom. The van der Waals surface area contributed by atoms with Gasteiger partial charge in [0.15, 0.2) is 10.7 Å². The number of anilines is 1. The molecule has 1 N–H and O–H groups in total. The van der Waals surface area contributed by atoms with E-state index in [0.717, 1.165) is 16.1 Å². The summed E-state index contributed by atoms with van der Waals surface area (Å²) in [6, 6.07) is 15.3. The van der Waals surface area contributed by atoms with Gasteiger partial charge in [-0.1, -0.05) is 48.0 Å².